The molecule has 122 valence electrons. The first-order valence-electron chi connectivity index (χ1n) is 7.04. The molecule has 0 bridgehead atoms. The Balaban J connectivity index is 2.19. The third-order valence-corrected chi connectivity index (χ3v) is 3.59. The number of H-pyrrole nitrogens is 1. The summed E-state index contributed by atoms with van der Waals surface area (Å²) in [5.74, 6) is -0.739. The van der Waals surface area contributed by atoms with Crippen molar-refractivity contribution in [3.63, 3.8) is 0 Å². The smallest absolute Gasteiger partial charge is 0.355 e. The molecular formula is C17H18FNO4. The third-order valence-electron chi connectivity index (χ3n) is 3.59. The highest BCUT2D eigenvalue weighted by Crippen LogP contribution is 2.22. The number of carbonyl (C=O) groups is 2. The van der Waals surface area contributed by atoms with Crippen molar-refractivity contribution >= 4 is 11.8 Å². The fourth-order valence-corrected chi connectivity index (χ4v) is 2.56. The van der Waals surface area contributed by atoms with E-state index in [4.69, 9.17) is 9.47 Å². The molecule has 1 aromatic carbocycles. The van der Waals surface area contributed by atoms with Crippen molar-refractivity contribution in [2.24, 2.45) is 0 Å². The Morgan fingerprint density at radius 2 is 1.96 bits per heavy atom. The lowest BCUT2D eigenvalue weighted by atomic mass is 10.1. The summed E-state index contributed by atoms with van der Waals surface area (Å²) in [5, 5.41) is 0. The molecule has 0 atom stereocenters. The number of carbonyl (C=O) groups excluding carboxylic acids is 2. The molecule has 0 radical (unpaired) electrons. The Morgan fingerprint density at radius 3 is 2.52 bits per heavy atom. The van der Waals surface area contributed by atoms with E-state index in [9.17, 15) is 14.0 Å². The lowest BCUT2D eigenvalue weighted by Crippen LogP contribution is -2.08. The zero-order valence-electron chi connectivity index (χ0n) is 13.5. The van der Waals surface area contributed by atoms with Crippen molar-refractivity contribution in [2.45, 2.75) is 27.4 Å². The van der Waals surface area contributed by atoms with Crippen LogP contribution in [-0.2, 0) is 11.3 Å². The summed E-state index contributed by atoms with van der Waals surface area (Å²) in [5.41, 5.74) is 2.30. The van der Waals surface area contributed by atoms with Gasteiger partial charge in [0.1, 0.15) is 23.9 Å². The van der Waals surface area contributed by atoms with Crippen LogP contribution in [0.1, 0.15) is 44.6 Å². The molecule has 0 spiro atoms. The normalized spacial score (nSPS) is 10.5. The van der Waals surface area contributed by atoms with Gasteiger partial charge in [-0.05, 0) is 44.5 Å². The Hall–Kier alpha value is -2.63. The molecule has 0 amide bonds. The van der Waals surface area contributed by atoms with Gasteiger partial charge in [-0.1, -0.05) is 0 Å². The number of nitrogens with one attached hydrogen (secondary N) is 1. The summed E-state index contributed by atoms with van der Waals surface area (Å²) < 4.78 is 23.6. The number of aryl methyl sites for hydroxylation is 1. The SMILES string of the molecule is COc1ccc(F)cc1COC(=O)c1[nH]c(C)c(C(C)=O)c1C. The molecule has 1 heterocycles. The second-order valence-electron chi connectivity index (χ2n) is 5.21. The van der Waals surface area contributed by atoms with Crippen LogP contribution in [-0.4, -0.2) is 23.8 Å². The van der Waals surface area contributed by atoms with Gasteiger partial charge < -0.3 is 14.5 Å². The Bertz CT molecular complexity index is 764. The molecule has 5 nitrogen and oxygen atoms in total. The minimum absolute atomic E-state index is 0.123. The summed E-state index contributed by atoms with van der Waals surface area (Å²) in [4.78, 5) is 26.7. The predicted molar refractivity (Wildman–Crippen MR) is 82.3 cm³/mol. The molecule has 0 aliphatic heterocycles. The van der Waals surface area contributed by atoms with E-state index in [0.717, 1.165) is 0 Å². The molecule has 0 saturated carbocycles. The Morgan fingerprint density at radius 1 is 1.26 bits per heavy atom. The number of methoxy groups -OCH3 is 1. The second-order valence-corrected chi connectivity index (χ2v) is 5.21. The number of ether oxygens (including phenoxy) is 2. The number of halogens is 1. The van der Waals surface area contributed by atoms with Crippen LogP contribution < -0.4 is 4.74 Å². The van der Waals surface area contributed by atoms with Gasteiger partial charge in [-0.2, -0.15) is 0 Å². The van der Waals surface area contributed by atoms with Crippen molar-refractivity contribution in [2.75, 3.05) is 7.11 Å². The van der Waals surface area contributed by atoms with Gasteiger partial charge in [-0.25, -0.2) is 9.18 Å². The van der Waals surface area contributed by atoms with Crippen LogP contribution >= 0.6 is 0 Å². The Kier molecular flexibility index (Phi) is 4.83. The summed E-state index contributed by atoms with van der Waals surface area (Å²) >= 11 is 0. The van der Waals surface area contributed by atoms with E-state index in [2.05, 4.69) is 4.98 Å². The number of hydrogen-bond acceptors (Lipinski definition) is 4. The highest BCUT2D eigenvalue weighted by Gasteiger charge is 2.21. The van der Waals surface area contributed by atoms with E-state index >= 15 is 0 Å². The van der Waals surface area contributed by atoms with Gasteiger partial charge in [0.15, 0.2) is 5.78 Å². The molecule has 0 aliphatic rings. The van der Waals surface area contributed by atoms with Crippen molar-refractivity contribution in [3.8, 4) is 5.75 Å². The number of ketones is 1. The number of esters is 1. The third kappa shape index (κ3) is 3.41. The maximum absolute atomic E-state index is 13.3. The second kappa shape index (κ2) is 6.64. The molecule has 0 unspecified atom stereocenters. The van der Waals surface area contributed by atoms with Crippen LogP contribution in [0.25, 0.3) is 0 Å². The van der Waals surface area contributed by atoms with Gasteiger partial charge in [0.05, 0.1) is 7.11 Å². The first kappa shape index (κ1) is 16.7. The van der Waals surface area contributed by atoms with Gasteiger partial charge in [0.25, 0.3) is 0 Å². The van der Waals surface area contributed by atoms with Crippen molar-refractivity contribution in [1.29, 1.82) is 0 Å². The summed E-state index contributed by atoms with van der Waals surface area (Å²) in [6.07, 6.45) is 0. The molecule has 23 heavy (non-hydrogen) atoms. The predicted octanol–water partition coefficient (Wildman–Crippen LogP) is 3.34. The number of aromatic nitrogens is 1. The monoisotopic (exact) mass is 319 g/mol. The lowest BCUT2D eigenvalue weighted by molar-refractivity contribution is 0.0462. The van der Waals surface area contributed by atoms with Crippen LogP contribution in [0.4, 0.5) is 4.39 Å². The molecule has 0 aliphatic carbocycles. The van der Waals surface area contributed by atoms with Crippen molar-refractivity contribution < 1.29 is 23.5 Å². The number of rotatable bonds is 5. The topological polar surface area (TPSA) is 68.4 Å². The average molecular weight is 319 g/mol. The van der Waals surface area contributed by atoms with Crippen LogP contribution in [0.15, 0.2) is 18.2 Å². The van der Waals surface area contributed by atoms with Gasteiger partial charge in [-0.3, -0.25) is 4.79 Å². The summed E-state index contributed by atoms with van der Waals surface area (Å²) in [6.45, 7) is 4.71. The van der Waals surface area contributed by atoms with Gasteiger partial charge in [0, 0.05) is 16.8 Å². The molecule has 1 N–H and O–H groups in total. The largest absolute Gasteiger partial charge is 0.496 e. The number of Topliss-reactive ketones (excluding diaryl/α,β-unsaturated/α-hetero) is 1. The van der Waals surface area contributed by atoms with E-state index < -0.39 is 11.8 Å². The summed E-state index contributed by atoms with van der Waals surface area (Å²) in [7, 11) is 1.45. The van der Waals surface area contributed by atoms with Crippen LogP contribution in [0.3, 0.4) is 0 Å². The first-order valence-corrected chi connectivity index (χ1v) is 7.04. The zero-order chi connectivity index (χ0) is 17.1. The lowest BCUT2D eigenvalue weighted by Gasteiger charge is -2.09. The minimum Gasteiger partial charge on any atom is -0.496 e. The van der Waals surface area contributed by atoms with E-state index in [1.54, 1.807) is 13.8 Å². The van der Waals surface area contributed by atoms with Gasteiger partial charge in [-0.15, -0.1) is 0 Å². The van der Waals surface area contributed by atoms with Crippen molar-refractivity contribution in [3.05, 3.63) is 52.1 Å². The van der Waals surface area contributed by atoms with Crippen LogP contribution in [0.5, 0.6) is 5.75 Å². The quantitative estimate of drug-likeness (QED) is 0.678. The van der Waals surface area contributed by atoms with E-state index in [1.165, 1.54) is 32.2 Å². The van der Waals surface area contributed by atoms with Gasteiger partial charge in [0.2, 0.25) is 0 Å². The standard InChI is InChI=1S/C17H18FNO4/c1-9-15(11(3)20)10(2)19-16(9)17(21)23-8-12-7-13(18)5-6-14(12)22-4/h5-7,19H,8H2,1-4H3. The number of aromatic amines is 1. The average Bonchev–Trinajstić information content (AvgIpc) is 2.80. The fourth-order valence-electron chi connectivity index (χ4n) is 2.56. The van der Waals surface area contributed by atoms with E-state index in [-0.39, 0.29) is 18.1 Å². The van der Waals surface area contributed by atoms with Crippen LogP contribution in [0.2, 0.25) is 0 Å². The number of benzene rings is 1. The van der Waals surface area contributed by atoms with Gasteiger partial charge >= 0.3 is 5.97 Å². The molecule has 0 fully saturated rings. The highest BCUT2D eigenvalue weighted by atomic mass is 19.1. The number of hydrogen-bond donors (Lipinski definition) is 1. The molecule has 2 aromatic rings. The van der Waals surface area contributed by atoms with Crippen molar-refractivity contribution in [1.82, 2.24) is 4.98 Å². The maximum atomic E-state index is 13.3. The van der Waals surface area contributed by atoms with E-state index in [1.807, 2.05) is 0 Å². The summed E-state index contributed by atoms with van der Waals surface area (Å²) in [6, 6.07) is 3.98. The van der Waals surface area contributed by atoms with E-state index in [0.29, 0.717) is 28.1 Å². The molecular weight excluding hydrogens is 301 g/mol. The first-order chi connectivity index (χ1) is 10.8. The van der Waals surface area contributed by atoms with Crippen LogP contribution in [0, 0.1) is 19.7 Å². The minimum atomic E-state index is -0.607. The maximum Gasteiger partial charge on any atom is 0.355 e. The zero-order valence-corrected chi connectivity index (χ0v) is 13.5. The molecule has 2 rings (SSSR count). The highest BCUT2D eigenvalue weighted by molar-refractivity contribution is 6.01. The Labute approximate surface area is 133 Å². The molecule has 6 heteroatoms. The molecule has 0 saturated heterocycles. The molecule has 1 aromatic heterocycles. The fraction of sp³-hybridized carbons (Fsp3) is 0.294.